The molecular weight excluding hydrogens is 314 g/mol. The molecule has 23 heavy (non-hydrogen) atoms. The molecule has 2 aromatic heterocycles. The maximum Gasteiger partial charge on any atom is 0.226 e. The van der Waals surface area contributed by atoms with Crippen molar-refractivity contribution in [3.63, 3.8) is 0 Å². The molecule has 0 aliphatic carbocycles. The number of hydrogen-bond donors (Lipinski definition) is 1. The zero-order valence-electron chi connectivity index (χ0n) is 13.3. The third kappa shape index (κ3) is 2.94. The van der Waals surface area contributed by atoms with Crippen LogP contribution in [-0.4, -0.2) is 25.5 Å². The molecule has 0 unspecified atom stereocenters. The highest BCUT2D eigenvalue weighted by molar-refractivity contribution is 6.35. The van der Waals surface area contributed by atoms with Crippen molar-refractivity contribution in [3.05, 3.63) is 40.8 Å². The lowest BCUT2D eigenvalue weighted by atomic mass is 10.2. The number of fused-ring (bicyclic) bond motifs is 1. The first-order chi connectivity index (χ1) is 11.0. The second kappa shape index (κ2) is 6.04. The van der Waals surface area contributed by atoms with Crippen LogP contribution in [0.4, 0.5) is 5.69 Å². The van der Waals surface area contributed by atoms with Gasteiger partial charge in [-0.3, -0.25) is 14.2 Å². The summed E-state index contributed by atoms with van der Waals surface area (Å²) in [5.41, 5.74) is 3.46. The fraction of sp³-hybridized carbons (Fsp3) is 0.312. The molecule has 0 bridgehead atoms. The zero-order chi connectivity index (χ0) is 16.6. The number of amides is 1. The Bertz CT molecular complexity index is 880. The Hall–Kier alpha value is -2.34. The van der Waals surface area contributed by atoms with E-state index in [1.807, 2.05) is 39.1 Å². The van der Waals surface area contributed by atoms with Crippen LogP contribution in [0.15, 0.2) is 24.4 Å². The molecule has 6 nitrogen and oxygen atoms in total. The van der Waals surface area contributed by atoms with Gasteiger partial charge in [-0.1, -0.05) is 17.7 Å². The van der Waals surface area contributed by atoms with Gasteiger partial charge in [-0.05, 0) is 26.0 Å². The summed E-state index contributed by atoms with van der Waals surface area (Å²) in [6.07, 6.45) is 2.06. The Kier molecular flexibility index (Phi) is 4.09. The van der Waals surface area contributed by atoms with E-state index in [-0.39, 0.29) is 5.91 Å². The van der Waals surface area contributed by atoms with E-state index in [0.29, 0.717) is 18.0 Å². The highest BCUT2D eigenvalue weighted by atomic mass is 35.5. The van der Waals surface area contributed by atoms with Crippen molar-refractivity contribution in [2.75, 3.05) is 5.32 Å². The number of anilines is 1. The summed E-state index contributed by atoms with van der Waals surface area (Å²) < 4.78 is 3.55. The predicted octanol–water partition coefficient (Wildman–Crippen LogP) is 3.07. The molecule has 3 aromatic rings. The second-order valence-electron chi connectivity index (χ2n) is 5.51. The van der Waals surface area contributed by atoms with Crippen LogP contribution in [0.3, 0.4) is 0 Å². The van der Waals surface area contributed by atoms with Gasteiger partial charge in [0.2, 0.25) is 5.91 Å². The summed E-state index contributed by atoms with van der Waals surface area (Å²) in [4.78, 5) is 12.2. The number of carbonyl (C=O) groups excluding carboxylic acids is 1. The van der Waals surface area contributed by atoms with Gasteiger partial charge in [0.15, 0.2) is 0 Å². The number of halogens is 1. The van der Waals surface area contributed by atoms with E-state index in [2.05, 4.69) is 15.5 Å². The number of aryl methyl sites for hydroxylation is 3. The van der Waals surface area contributed by atoms with E-state index in [1.165, 1.54) is 0 Å². The van der Waals surface area contributed by atoms with Crippen molar-refractivity contribution in [2.24, 2.45) is 7.05 Å². The van der Waals surface area contributed by atoms with Gasteiger partial charge in [0.05, 0.1) is 40.4 Å². The lowest BCUT2D eigenvalue weighted by Crippen LogP contribution is -2.16. The van der Waals surface area contributed by atoms with Crippen molar-refractivity contribution in [1.82, 2.24) is 19.6 Å². The summed E-state index contributed by atoms with van der Waals surface area (Å²) in [6, 6.07) is 5.66. The summed E-state index contributed by atoms with van der Waals surface area (Å²) in [6.45, 7) is 4.30. The summed E-state index contributed by atoms with van der Waals surface area (Å²) in [5.74, 6) is -0.0603. The van der Waals surface area contributed by atoms with E-state index in [0.717, 1.165) is 28.0 Å². The lowest BCUT2D eigenvalue weighted by molar-refractivity contribution is -0.116. The van der Waals surface area contributed by atoms with Gasteiger partial charge in [-0.25, -0.2) is 0 Å². The van der Waals surface area contributed by atoms with Crippen molar-refractivity contribution >= 4 is 34.1 Å². The number of nitrogens with zero attached hydrogens (tertiary/aromatic N) is 4. The van der Waals surface area contributed by atoms with Gasteiger partial charge >= 0.3 is 0 Å². The van der Waals surface area contributed by atoms with Gasteiger partial charge in [-0.15, -0.1) is 0 Å². The molecule has 120 valence electrons. The average Bonchev–Trinajstić information content (AvgIpc) is 3.03. The van der Waals surface area contributed by atoms with Crippen LogP contribution in [0.5, 0.6) is 0 Å². The quantitative estimate of drug-likeness (QED) is 0.799. The Morgan fingerprint density at radius 3 is 2.83 bits per heavy atom. The fourth-order valence-electron chi connectivity index (χ4n) is 2.61. The van der Waals surface area contributed by atoms with Crippen LogP contribution in [0.1, 0.15) is 17.8 Å². The molecule has 1 aromatic carbocycles. The van der Waals surface area contributed by atoms with E-state index in [1.54, 1.807) is 15.6 Å². The van der Waals surface area contributed by atoms with Crippen molar-refractivity contribution in [3.8, 4) is 0 Å². The Morgan fingerprint density at radius 2 is 2.13 bits per heavy atom. The number of nitrogens with one attached hydrogen (secondary N) is 1. The van der Waals surface area contributed by atoms with E-state index in [4.69, 9.17) is 11.6 Å². The SMILES string of the molecule is Cc1nn(C)c(C)c1NC(=O)CCn1ncc2c(Cl)cccc21. The van der Waals surface area contributed by atoms with Crippen molar-refractivity contribution in [1.29, 1.82) is 0 Å². The molecule has 3 rings (SSSR count). The topological polar surface area (TPSA) is 64.7 Å². The lowest BCUT2D eigenvalue weighted by Gasteiger charge is -2.07. The fourth-order valence-corrected chi connectivity index (χ4v) is 2.83. The van der Waals surface area contributed by atoms with E-state index in [9.17, 15) is 4.79 Å². The van der Waals surface area contributed by atoms with Crippen LogP contribution in [-0.2, 0) is 18.4 Å². The molecule has 0 saturated heterocycles. The van der Waals surface area contributed by atoms with Gasteiger partial charge in [0, 0.05) is 18.9 Å². The van der Waals surface area contributed by atoms with E-state index < -0.39 is 0 Å². The molecule has 1 amide bonds. The first kappa shape index (κ1) is 15.6. The average molecular weight is 332 g/mol. The molecule has 0 aliphatic heterocycles. The first-order valence-corrected chi connectivity index (χ1v) is 7.75. The number of rotatable bonds is 4. The minimum atomic E-state index is -0.0603. The van der Waals surface area contributed by atoms with Crippen LogP contribution in [0.2, 0.25) is 5.02 Å². The Labute approximate surface area is 139 Å². The monoisotopic (exact) mass is 331 g/mol. The van der Waals surface area contributed by atoms with Crippen molar-refractivity contribution < 1.29 is 4.79 Å². The van der Waals surface area contributed by atoms with Gasteiger partial charge in [-0.2, -0.15) is 10.2 Å². The van der Waals surface area contributed by atoms with Crippen LogP contribution >= 0.6 is 11.6 Å². The molecule has 7 heteroatoms. The molecule has 1 N–H and O–H groups in total. The van der Waals surface area contributed by atoms with Crippen LogP contribution in [0.25, 0.3) is 10.9 Å². The molecule has 2 heterocycles. The van der Waals surface area contributed by atoms with Gasteiger partial charge < -0.3 is 5.32 Å². The molecule has 0 fully saturated rings. The third-order valence-corrected chi connectivity index (χ3v) is 4.29. The second-order valence-corrected chi connectivity index (χ2v) is 5.92. The van der Waals surface area contributed by atoms with Crippen LogP contribution < -0.4 is 5.32 Å². The molecule has 0 aliphatic rings. The molecule has 0 spiro atoms. The highest BCUT2D eigenvalue weighted by Gasteiger charge is 2.13. The Morgan fingerprint density at radius 1 is 1.35 bits per heavy atom. The summed E-state index contributed by atoms with van der Waals surface area (Å²) in [7, 11) is 1.86. The molecular formula is C16H18ClN5O. The van der Waals surface area contributed by atoms with Gasteiger partial charge in [0.1, 0.15) is 0 Å². The first-order valence-electron chi connectivity index (χ1n) is 7.37. The summed E-state index contributed by atoms with van der Waals surface area (Å²) in [5, 5.41) is 13.1. The number of aromatic nitrogens is 4. The van der Waals surface area contributed by atoms with Crippen LogP contribution in [0, 0.1) is 13.8 Å². The molecule has 0 saturated carbocycles. The minimum absolute atomic E-state index is 0.0603. The van der Waals surface area contributed by atoms with Gasteiger partial charge in [0.25, 0.3) is 0 Å². The predicted molar refractivity (Wildman–Crippen MR) is 90.7 cm³/mol. The molecule has 0 atom stereocenters. The van der Waals surface area contributed by atoms with E-state index >= 15 is 0 Å². The van der Waals surface area contributed by atoms with Crippen molar-refractivity contribution in [2.45, 2.75) is 26.8 Å². The highest BCUT2D eigenvalue weighted by Crippen LogP contribution is 2.23. The smallest absolute Gasteiger partial charge is 0.226 e. The molecule has 0 radical (unpaired) electrons. The largest absolute Gasteiger partial charge is 0.323 e. The summed E-state index contributed by atoms with van der Waals surface area (Å²) >= 11 is 6.14. The third-order valence-electron chi connectivity index (χ3n) is 3.96. The number of hydrogen-bond acceptors (Lipinski definition) is 3. The standard InChI is InChI=1S/C16H18ClN5O/c1-10-16(11(2)21(3)20-10)19-15(23)7-8-22-14-6-4-5-13(17)12(14)9-18-22/h4-6,9H,7-8H2,1-3H3,(H,19,23). The number of benzene rings is 1. The normalized spacial score (nSPS) is 11.1. The Balaban J connectivity index is 1.70. The zero-order valence-corrected chi connectivity index (χ0v) is 14.1. The maximum absolute atomic E-state index is 12.2. The maximum atomic E-state index is 12.2. The minimum Gasteiger partial charge on any atom is -0.323 e. The number of carbonyl (C=O) groups is 1.